The van der Waals surface area contributed by atoms with E-state index in [9.17, 15) is 14.0 Å². The number of amides is 1. The lowest BCUT2D eigenvalue weighted by molar-refractivity contribution is -0.138. The van der Waals surface area contributed by atoms with Crippen LogP contribution in [0.1, 0.15) is 30.6 Å². The van der Waals surface area contributed by atoms with Gasteiger partial charge in [-0.2, -0.15) is 0 Å². The molecule has 0 heterocycles. The molecule has 0 aromatic heterocycles. The molecule has 1 aromatic carbocycles. The van der Waals surface area contributed by atoms with E-state index >= 15 is 0 Å². The minimum Gasteiger partial charge on any atom is -0.481 e. The summed E-state index contributed by atoms with van der Waals surface area (Å²) in [6, 6.07) is 3.67. The highest BCUT2D eigenvalue weighted by atomic mass is 35.5. The lowest BCUT2D eigenvalue weighted by Crippen LogP contribution is -2.45. The van der Waals surface area contributed by atoms with Gasteiger partial charge in [-0.05, 0) is 32.0 Å². The van der Waals surface area contributed by atoms with Crippen molar-refractivity contribution in [3.05, 3.63) is 34.6 Å². The van der Waals surface area contributed by atoms with E-state index in [4.69, 9.17) is 16.7 Å². The van der Waals surface area contributed by atoms with E-state index in [1.54, 1.807) is 13.8 Å². The zero-order chi connectivity index (χ0) is 13.9. The van der Waals surface area contributed by atoms with E-state index in [0.29, 0.717) is 0 Å². The van der Waals surface area contributed by atoms with Crippen molar-refractivity contribution in [2.45, 2.75) is 25.8 Å². The van der Waals surface area contributed by atoms with Gasteiger partial charge in [0.2, 0.25) is 0 Å². The second-order valence-corrected chi connectivity index (χ2v) is 4.97. The summed E-state index contributed by atoms with van der Waals surface area (Å²) < 4.78 is 13.5. The number of hydrogen-bond acceptors (Lipinski definition) is 2. The smallest absolute Gasteiger partial charge is 0.305 e. The van der Waals surface area contributed by atoms with E-state index in [-0.39, 0.29) is 17.0 Å². The summed E-state index contributed by atoms with van der Waals surface area (Å²) >= 11 is 5.57. The lowest BCUT2D eigenvalue weighted by Gasteiger charge is -2.24. The van der Waals surface area contributed by atoms with Gasteiger partial charge in [-0.15, -0.1) is 0 Å². The summed E-state index contributed by atoms with van der Waals surface area (Å²) in [4.78, 5) is 22.4. The van der Waals surface area contributed by atoms with Gasteiger partial charge >= 0.3 is 5.97 Å². The quantitative estimate of drug-likeness (QED) is 0.886. The van der Waals surface area contributed by atoms with Crippen LogP contribution in [-0.2, 0) is 4.79 Å². The third-order valence-electron chi connectivity index (χ3n) is 2.22. The van der Waals surface area contributed by atoms with Gasteiger partial charge in [-0.3, -0.25) is 9.59 Å². The zero-order valence-electron chi connectivity index (χ0n) is 9.96. The van der Waals surface area contributed by atoms with Gasteiger partial charge in [0.15, 0.2) is 0 Å². The molecule has 98 valence electrons. The Hall–Kier alpha value is -1.62. The number of hydrogen-bond donors (Lipinski definition) is 2. The van der Waals surface area contributed by atoms with Crippen molar-refractivity contribution < 1.29 is 19.1 Å². The molecular formula is C12H13ClFNO3. The molecule has 18 heavy (non-hydrogen) atoms. The zero-order valence-corrected chi connectivity index (χ0v) is 10.7. The molecule has 2 N–H and O–H groups in total. The monoisotopic (exact) mass is 273 g/mol. The lowest BCUT2D eigenvalue weighted by atomic mass is 10.00. The Balaban J connectivity index is 2.85. The van der Waals surface area contributed by atoms with Crippen LogP contribution in [-0.4, -0.2) is 22.5 Å². The van der Waals surface area contributed by atoms with Gasteiger partial charge in [0.1, 0.15) is 5.82 Å². The van der Waals surface area contributed by atoms with Crippen molar-refractivity contribution in [1.82, 2.24) is 5.32 Å². The molecule has 1 amide bonds. The summed E-state index contributed by atoms with van der Waals surface area (Å²) in [5.74, 6) is -2.46. The molecule has 0 aliphatic heterocycles. The summed E-state index contributed by atoms with van der Waals surface area (Å²) in [7, 11) is 0. The molecule has 6 heteroatoms. The first-order chi connectivity index (χ1) is 8.21. The number of halogens is 2. The molecule has 0 bridgehead atoms. The summed E-state index contributed by atoms with van der Waals surface area (Å²) in [5.41, 5.74) is -1.13. The largest absolute Gasteiger partial charge is 0.481 e. The van der Waals surface area contributed by atoms with Crippen LogP contribution in [0.2, 0.25) is 5.02 Å². The Labute approximate surface area is 109 Å². The highest BCUT2D eigenvalue weighted by Crippen LogP contribution is 2.16. The maximum Gasteiger partial charge on any atom is 0.305 e. The van der Waals surface area contributed by atoms with Crippen molar-refractivity contribution in [1.29, 1.82) is 0 Å². The predicted molar refractivity (Wildman–Crippen MR) is 65.2 cm³/mol. The summed E-state index contributed by atoms with van der Waals surface area (Å²) in [6.07, 6.45) is -0.256. The molecule has 1 rings (SSSR count). The third-order valence-corrected chi connectivity index (χ3v) is 2.46. The fraction of sp³-hybridized carbons (Fsp3) is 0.333. The van der Waals surface area contributed by atoms with Crippen LogP contribution in [0.3, 0.4) is 0 Å². The molecule has 0 radical (unpaired) electrons. The summed E-state index contributed by atoms with van der Waals surface area (Å²) in [5, 5.41) is 11.3. The predicted octanol–water partition coefficient (Wildman–Crippen LogP) is 2.46. The molecule has 0 spiro atoms. The van der Waals surface area contributed by atoms with Crippen molar-refractivity contribution in [3.8, 4) is 0 Å². The van der Waals surface area contributed by atoms with Crippen LogP contribution < -0.4 is 5.32 Å². The third kappa shape index (κ3) is 4.00. The Morgan fingerprint density at radius 1 is 1.44 bits per heavy atom. The molecule has 0 atom stereocenters. The molecule has 0 aliphatic carbocycles. The highest BCUT2D eigenvalue weighted by Gasteiger charge is 2.25. The number of carbonyl (C=O) groups is 2. The molecule has 0 saturated heterocycles. The number of carboxylic acids is 1. The van der Waals surface area contributed by atoms with Crippen molar-refractivity contribution in [3.63, 3.8) is 0 Å². The van der Waals surface area contributed by atoms with Crippen LogP contribution in [0.25, 0.3) is 0 Å². The van der Waals surface area contributed by atoms with Crippen LogP contribution in [0.15, 0.2) is 18.2 Å². The summed E-state index contributed by atoms with van der Waals surface area (Å²) in [6.45, 7) is 3.10. The standard InChI is InChI=1S/C12H13ClFNO3/c1-12(2,6-10(16)17)15-11(18)8-4-3-7(13)5-9(8)14/h3-5H,6H2,1-2H3,(H,15,18)(H,16,17). The Morgan fingerprint density at radius 2 is 2.06 bits per heavy atom. The molecule has 0 fully saturated rings. The van der Waals surface area contributed by atoms with Gasteiger partial charge in [0, 0.05) is 10.6 Å². The SMILES string of the molecule is CC(C)(CC(=O)O)NC(=O)c1ccc(Cl)cc1F. The van der Waals surface area contributed by atoms with E-state index in [1.807, 2.05) is 0 Å². The number of aliphatic carboxylic acids is 1. The average molecular weight is 274 g/mol. The number of rotatable bonds is 4. The van der Waals surface area contributed by atoms with Gasteiger partial charge in [0.05, 0.1) is 12.0 Å². The number of carboxylic acid groups (broad SMARTS) is 1. The van der Waals surface area contributed by atoms with Gasteiger partial charge in [-0.1, -0.05) is 11.6 Å². The number of carbonyl (C=O) groups excluding carboxylic acids is 1. The van der Waals surface area contributed by atoms with E-state index in [2.05, 4.69) is 5.32 Å². The molecule has 0 unspecified atom stereocenters. The fourth-order valence-electron chi connectivity index (χ4n) is 1.47. The normalized spacial score (nSPS) is 11.1. The number of benzene rings is 1. The average Bonchev–Trinajstić information content (AvgIpc) is 2.13. The number of nitrogens with one attached hydrogen (secondary N) is 1. The van der Waals surface area contributed by atoms with Crippen LogP contribution in [0.4, 0.5) is 4.39 Å². The van der Waals surface area contributed by atoms with Crippen LogP contribution >= 0.6 is 11.6 Å². The first-order valence-electron chi connectivity index (χ1n) is 5.20. The van der Waals surface area contributed by atoms with Crippen molar-refractivity contribution in [2.24, 2.45) is 0 Å². The van der Waals surface area contributed by atoms with E-state index in [1.165, 1.54) is 12.1 Å². The Kier molecular flexibility index (Phi) is 4.29. The topological polar surface area (TPSA) is 66.4 Å². The maximum atomic E-state index is 13.5. The second kappa shape index (κ2) is 5.35. The van der Waals surface area contributed by atoms with Crippen molar-refractivity contribution in [2.75, 3.05) is 0 Å². The van der Waals surface area contributed by atoms with Crippen LogP contribution in [0, 0.1) is 5.82 Å². The first-order valence-corrected chi connectivity index (χ1v) is 5.58. The highest BCUT2D eigenvalue weighted by molar-refractivity contribution is 6.30. The maximum absolute atomic E-state index is 13.5. The molecule has 0 saturated carbocycles. The Bertz CT molecular complexity index is 488. The van der Waals surface area contributed by atoms with Crippen LogP contribution in [0.5, 0.6) is 0 Å². The van der Waals surface area contributed by atoms with E-state index in [0.717, 1.165) is 6.07 Å². The fourth-order valence-corrected chi connectivity index (χ4v) is 1.63. The van der Waals surface area contributed by atoms with Gasteiger partial charge < -0.3 is 10.4 Å². The molecule has 4 nitrogen and oxygen atoms in total. The van der Waals surface area contributed by atoms with Gasteiger partial charge in [0.25, 0.3) is 5.91 Å². The first kappa shape index (κ1) is 14.4. The molecular weight excluding hydrogens is 261 g/mol. The molecule has 1 aromatic rings. The van der Waals surface area contributed by atoms with Gasteiger partial charge in [-0.25, -0.2) is 4.39 Å². The minimum absolute atomic E-state index is 0.169. The second-order valence-electron chi connectivity index (χ2n) is 4.53. The molecule has 0 aliphatic rings. The van der Waals surface area contributed by atoms with E-state index < -0.39 is 23.2 Å². The minimum atomic E-state index is -1.04. The van der Waals surface area contributed by atoms with Crippen molar-refractivity contribution >= 4 is 23.5 Å². The Morgan fingerprint density at radius 3 is 2.56 bits per heavy atom.